The Kier molecular flexibility index (Phi) is 6.35. The van der Waals surface area contributed by atoms with Gasteiger partial charge in [0.1, 0.15) is 12.1 Å². The molecule has 1 heterocycles. The molecule has 18 heavy (non-hydrogen) atoms. The topological polar surface area (TPSA) is 47.5 Å². The van der Waals surface area contributed by atoms with Gasteiger partial charge >= 0.3 is 0 Å². The number of hydrogen-bond donors (Lipinski definition) is 0. The van der Waals surface area contributed by atoms with Crippen LogP contribution in [0.4, 0.5) is 5.82 Å². The zero-order valence-corrected chi connectivity index (χ0v) is 12.9. The highest BCUT2D eigenvalue weighted by atomic mass is 79.9. The van der Waals surface area contributed by atoms with Crippen LogP contribution in [0.15, 0.2) is 6.33 Å². The molecule has 0 aliphatic rings. The Morgan fingerprint density at radius 2 is 2.17 bits per heavy atom. The van der Waals surface area contributed by atoms with E-state index in [0.717, 1.165) is 17.9 Å². The van der Waals surface area contributed by atoms with Crippen LogP contribution >= 0.6 is 15.9 Å². The van der Waals surface area contributed by atoms with Crippen LogP contribution in [-0.2, 0) is 4.74 Å². The van der Waals surface area contributed by atoms with E-state index < -0.39 is 0 Å². The largest absolute Gasteiger partial charge is 0.478 e. The molecule has 102 valence electrons. The van der Waals surface area contributed by atoms with E-state index >= 15 is 0 Å². The van der Waals surface area contributed by atoms with Crippen molar-refractivity contribution in [2.75, 3.05) is 38.8 Å². The van der Waals surface area contributed by atoms with Crippen molar-refractivity contribution in [1.82, 2.24) is 9.97 Å². The zero-order valence-electron chi connectivity index (χ0n) is 11.3. The van der Waals surface area contributed by atoms with Gasteiger partial charge in [-0.3, -0.25) is 0 Å². The number of methoxy groups -OCH3 is 1. The fourth-order valence-corrected chi connectivity index (χ4v) is 2.41. The van der Waals surface area contributed by atoms with Crippen molar-refractivity contribution < 1.29 is 9.47 Å². The average molecular weight is 318 g/mol. The van der Waals surface area contributed by atoms with Crippen molar-refractivity contribution in [1.29, 1.82) is 0 Å². The lowest BCUT2D eigenvalue weighted by Gasteiger charge is -2.23. The molecule has 5 nitrogen and oxygen atoms in total. The fourth-order valence-electron chi connectivity index (χ4n) is 1.71. The molecule has 1 rings (SSSR count). The molecular weight excluding hydrogens is 298 g/mol. The normalized spacial score (nSPS) is 12.3. The molecule has 0 aromatic carbocycles. The molecule has 1 aromatic rings. The smallest absolute Gasteiger partial charge is 0.221 e. The molecule has 6 heteroatoms. The SMILES string of the molecule is CCOc1ncnc(N(C)CC(Br)COC)c1C. The number of alkyl halides is 1. The summed E-state index contributed by atoms with van der Waals surface area (Å²) in [4.78, 5) is 10.8. The predicted octanol–water partition coefficient (Wildman–Crippen LogP) is 2.03. The summed E-state index contributed by atoms with van der Waals surface area (Å²) in [5.74, 6) is 1.53. The van der Waals surface area contributed by atoms with E-state index in [2.05, 4.69) is 30.8 Å². The maximum absolute atomic E-state index is 5.47. The highest BCUT2D eigenvalue weighted by molar-refractivity contribution is 9.09. The Balaban J connectivity index is 2.78. The van der Waals surface area contributed by atoms with Gasteiger partial charge in [-0.15, -0.1) is 0 Å². The third kappa shape index (κ3) is 4.10. The van der Waals surface area contributed by atoms with Crippen molar-refractivity contribution in [3.63, 3.8) is 0 Å². The highest BCUT2D eigenvalue weighted by Crippen LogP contribution is 2.23. The van der Waals surface area contributed by atoms with Crippen molar-refractivity contribution in [2.24, 2.45) is 0 Å². The molecule has 1 atom stereocenters. The minimum Gasteiger partial charge on any atom is -0.478 e. The fraction of sp³-hybridized carbons (Fsp3) is 0.667. The molecule has 1 aromatic heterocycles. The minimum absolute atomic E-state index is 0.261. The quantitative estimate of drug-likeness (QED) is 0.720. The Labute approximate surface area is 117 Å². The summed E-state index contributed by atoms with van der Waals surface area (Å²) in [7, 11) is 3.69. The molecule has 0 spiro atoms. The second kappa shape index (κ2) is 7.53. The Bertz CT molecular complexity index is 376. The lowest BCUT2D eigenvalue weighted by atomic mass is 10.3. The first-order valence-corrected chi connectivity index (χ1v) is 6.80. The molecule has 1 unspecified atom stereocenters. The van der Waals surface area contributed by atoms with Crippen molar-refractivity contribution in [3.8, 4) is 5.88 Å². The van der Waals surface area contributed by atoms with Gasteiger partial charge in [-0.25, -0.2) is 9.97 Å². The molecule has 0 saturated carbocycles. The predicted molar refractivity (Wildman–Crippen MR) is 75.8 cm³/mol. The molecule has 0 aliphatic carbocycles. The second-order valence-corrected chi connectivity index (χ2v) is 5.29. The van der Waals surface area contributed by atoms with Crippen molar-refractivity contribution in [2.45, 2.75) is 18.7 Å². The summed E-state index contributed by atoms with van der Waals surface area (Å²) >= 11 is 3.57. The van der Waals surface area contributed by atoms with Crippen LogP contribution in [0.1, 0.15) is 12.5 Å². The first-order valence-electron chi connectivity index (χ1n) is 5.88. The first kappa shape index (κ1) is 15.2. The first-order chi connectivity index (χ1) is 8.60. The van der Waals surface area contributed by atoms with Gasteiger partial charge in [-0.2, -0.15) is 0 Å². The Morgan fingerprint density at radius 1 is 1.44 bits per heavy atom. The van der Waals surface area contributed by atoms with Crippen molar-refractivity contribution in [3.05, 3.63) is 11.9 Å². The standard InChI is InChI=1S/C12H20BrN3O2/c1-5-18-12-9(2)11(14-8-15-12)16(3)6-10(13)7-17-4/h8,10H,5-7H2,1-4H3. The van der Waals surface area contributed by atoms with E-state index in [9.17, 15) is 0 Å². The van der Waals surface area contributed by atoms with Crippen LogP contribution in [0.5, 0.6) is 5.88 Å². The Hall–Kier alpha value is -0.880. The molecular formula is C12H20BrN3O2. The lowest BCUT2D eigenvalue weighted by molar-refractivity contribution is 0.201. The molecule has 0 bridgehead atoms. The number of hydrogen-bond acceptors (Lipinski definition) is 5. The van der Waals surface area contributed by atoms with Crippen LogP contribution in [0, 0.1) is 6.92 Å². The van der Waals surface area contributed by atoms with E-state index in [4.69, 9.17) is 9.47 Å². The van der Waals surface area contributed by atoms with Gasteiger partial charge in [0, 0.05) is 20.7 Å². The van der Waals surface area contributed by atoms with Crippen LogP contribution in [0.25, 0.3) is 0 Å². The van der Waals surface area contributed by atoms with Crippen LogP contribution in [0.3, 0.4) is 0 Å². The molecule has 0 amide bonds. The lowest BCUT2D eigenvalue weighted by Crippen LogP contribution is -2.29. The van der Waals surface area contributed by atoms with E-state index in [1.807, 2.05) is 20.9 Å². The second-order valence-electron chi connectivity index (χ2n) is 3.99. The molecule has 0 fully saturated rings. The maximum atomic E-state index is 5.47. The van der Waals surface area contributed by atoms with Crippen LogP contribution in [0.2, 0.25) is 0 Å². The van der Waals surface area contributed by atoms with E-state index in [-0.39, 0.29) is 4.83 Å². The number of ether oxygens (including phenoxy) is 2. The number of anilines is 1. The molecule has 0 aliphatic heterocycles. The molecule has 0 N–H and O–H groups in total. The van der Waals surface area contributed by atoms with Gasteiger partial charge in [0.2, 0.25) is 5.88 Å². The monoisotopic (exact) mass is 317 g/mol. The Morgan fingerprint density at radius 3 is 2.78 bits per heavy atom. The number of halogens is 1. The zero-order chi connectivity index (χ0) is 13.5. The van der Waals surface area contributed by atoms with Gasteiger partial charge in [0.25, 0.3) is 0 Å². The number of aromatic nitrogens is 2. The van der Waals surface area contributed by atoms with Gasteiger partial charge in [0.05, 0.1) is 23.6 Å². The maximum Gasteiger partial charge on any atom is 0.221 e. The summed E-state index contributed by atoms with van der Waals surface area (Å²) in [6.07, 6.45) is 1.53. The third-order valence-corrected chi connectivity index (χ3v) is 3.03. The van der Waals surface area contributed by atoms with E-state index in [0.29, 0.717) is 19.1 Å². The highest BCUT2D eigenvalue weighted by Gasteiger charge is 2.14. The minimum atomic E-state index is 0.261. The third-order valence-electron chi connectivity index (χ3n) is 2.47. The number of nitrogens with zero attached hydrogens (tertiary/aromatic N) is 3. The summed E-state index contributed by atoms with van der Waals surface area (Å²) < 4.78 is 10.6. The van der Waals surface area contributed by atoms with Gasteiger partial charge in [0.15, 0.2) is 0 Å². The molecule has 0 radical (unpaired) electrons. The summed E-state index contributed by atoms with van der Waals surface area (Å²) in [6.45, 7) is 5.98. The van der Waals surface area contributed by atoms with Gasteiger partial charge in [-0.1, -0.05) is 15.9 Å². The summed E-state index contributed by atoms with van der Waals surface area (Å²) in [6, 6.07) is 0. The number of rotatable bonds is 7. The van der Waals surface area contributed by atoms with Gasteiger partial charge < -0.3 is 14.4 Å². The van der Waals surface area contributed by atoms with Crippen molar-refractivity contribution >= 4 is 21.7 Å². The van der Waals surface area contributed by atoms with E-state index in [1.54, 1.807) is 7.11 Å². The van der Waals surface area contributed by atoms with Crippen LogP contribution in [-0.4, -0.2) is 48.7 Å². The van der Waals surface area contributed by atoms with Crippen LogP contribution < -0.4 is 9.64 Å². The molecule has 0 saturated heterocycles. The summed E-state index contributed by atoms with van der Waals surface area (Å²) in [5.41, 5.74) is 0.957. The average Bonchev–Trinajstić information content (AvgIpc) is 2.32. The van der Waals surface area contributed by atoms with Gasteiger partial charge in [-0.05, 0) is 13.8 Å². The summed E-state index contributed by atoms with van der Waals surface area (Å²) in [5, 5.41) is 0. The van der Waals surface area contributed by atoms with E-state index in [1.165, 1.54) is 6.33 Å².